The van der Waals surface area contributed by atoms with Gasteiger partial charge in [0, 0.05) is 49.2 Å². The number of nitrogens with one attached hydrogen (secondary N) is 2. The number of hydrogen-bond acceptors (Lipinski definition) is 10. The van der Waals surface area contributed by atoms with Crippen LogP contribution in [-0.2, 0) is 4.74 Å². The summed E-state index contributed by atoms with van der Waals surface area (Å²) in [6.07, 6.45) is 0.289. The second-order valence-electron chi connectivity index (χ2n) is 10.5. The summed E-state index contributed by atoms with van der Waals surface area (Å²) in [5, 5.41) is 16.0. The van der Waals surface area contributed by atoms with E-state index in [0.29, 0.717) is 53.7 Å². The van der Waals surface area contributed by atoms with Crippen molar-refractivity contribution in [2.24, 2.45) is 0 Å². The minimum atomic E-state index is -1.12. The van der Waals surface area contributed by atoms with E-state index < -0.39 is 12.3 Å². The van der Waals surface area contributed by atoms with Gasteiger partial charge in [-0.3, -0.25) is 4.90 Å². The van der Waals surface area contributed by atoms with Gasteiger partial charge in [-0.2, -0.15) is 10.2 Å². The molecule has 3 aliphatic rings. The van der Waals surface area contributed by atoms with E-state index in [0.717, 1.165) is 38.5 Å². The van der Waals surface area contributed by atoms with Gasteiger partial charge >= 0.3 is 0 Å². The van der Waals surface area contributed by atoms with Crippen LogP contribution in [0, 0.1) is 11.3 Å². The lowest BCUT2D eigenvalue weighted by atomic mass is 10.1. The molecule has 0 amide bonds. The number of aromatic nitrogens is 3. The summed E-state index contributed by atoms with van der Waals surface area (Å²) in [4.78, 5) is 18.1. The van der Waals surface area contributed by atoms with E-state index in [1.807, 2.05) is 12.1 Å². The zero-order valence-corrected chi connectivity index (χ0v) is 22.5. The predicted octanol–water partition coefficient (Wildman–Crippen LogP) is 3.14. The number of halogens is 1. The molecule has 2 aromatic carbocycles. The molecule has 4 heterocycles. The van der Waals surface area contributed by atoms with Crippen LogP contribution in [0.2, 0.25) is 0 Å². The summed E-state index contributed by atoms with van der Waals surface area (Å²) < 4.78 is 25.4. The van der Waals surface area contributed by atoms with Crippen LogP contribution in [0.5, 0.6) is 5.75 Å². The Morgan fingerprint density at radius 2 is 2.00 bits per heavy atom. The number of hydrogen-bond donors (Lipinski definition) is 2. The van der Waals surface area contributed by atoms with Crippen molar-refractivity contribution in [1.82, 2.24) is 25.2 Å². The molecule has 3 saturated heterocycles. The fourth-order valence-corrected chi connectivity index (χ4v) is 5.50. The highest BCUT2D eigenvalue weighted by atomic mass is 19.1. The second kappa shape index (κ2) is 11.7. The third kappa shape index (κ3) is 5.70. The van der Waals surface area contributed by atoms with Gasteiger partial charge in [0.2, 0.25) is 5.95 Å². The molecule has 3 fully saturated rings. The maximum absolute atomic E-state index is 14.2. The summed E-state index contributed by atoms with van der Waals surface area (Å²) in [6, 6.07) is 16.6. The standard InChI is InChI=1S/C29H33FN8O2/c1-19-15-37(10-11-38(19)24-16-39-17-24)23-5-3-22(4-6-23)35-29-34-18-33-28(36-29)20-2-7-26(21(12-20)13-31)40-27-8-9-32-14-25(27)30/h2-7,12,18-19,24-25,27,32H,8-11,14-17H2,1H3,(H,33,34,35,36)/t19?,25-,27+/m1/s1. The molecular weight excluding hydrogens is 511 g/mol. The lowest BCUT2D eigenvalue weighted by Gasteiger charge is -2.47. The van der Waals surface area contributed by atoms with Gasteiger partial charge in [0.05, 0.1) is 24.8 Å². The average Bonchev–Trinajstić information content (AvgIpc) is 2.95. The third-order valence-electron chi connectivity index (χ3n) is 7.81. The van der Waals surface area contributed by atoms with Crippen LogP contribution in [0.15, 0.2) is 48.8 Å². The number of rotatable bonds is 7. The van der Waals surface area contributed by atoms with E-state index in [-0.39, 0.29) is 6.54 Å². The monoisotopic (exact) mass is 544 g/mol. The van der Waals surface area contributed by atoms with Crippen molar-refractivity contribution in [2.45, 2.75) is 37.7 Å². The molecule has 0 saturated carbocycles. The largest absolute Gasteiger partial charge is 0.486 e. The number of ether oxygens (including phenoxy) is 2. The lowest BCUT2D eigenvalue weighted by Crippen LogP contribution is -2.60. The molecule has 0 radical (unpaired) electrons. The Kier molecular flexibility index (Phi) is 7.73. The van der Waals surface area contributed by atoms with Crippen LogP contribution < -0.4 is 20.3 Å². The van der Waals surface area contributed by atoms with Crippen molar-refractivity contribution in [3.05, 3.63) is 54.4 Å². The number of benzene rings is 2. The highest BCUT2D eigenvalue weighted by Crippen LogP contribution is 2.28. The van der Waals surface area contributed by atoms with Crippen LogP contribution in [-0.4, -0.2) is 90.1 Å². The van der Waals surface area contributed by atoms with Gasteiger partial charge in [0.25, 0.3) is 0 Å². The number of alkyl halides is 1. The Labute approximate surface area is 233 Å². The number of anilines is 3. The number of piperazine rings is 1. The molecule has 1 aromatic heterocycles. The fourth-order valence-electron chi connectivity index (χ4n) is 5.50. The van der Waals surface area contributed by atoms with Crippen molar-refractivity contribution < 1.29 is 13.9 Å². The third-order valence-corrected chi connectivity index (χ3v) is 7.81. The summed E-state index contributed by atoms with van der Waals surface area (Å²) in [6.45, 7) is 7.93. The molecule has 208 valence electrons. The van der Waals surface area contributed by atoms with E-state index in [9.17, 15) is 9.65 Å². The van der Waals surface area contributed by atoms with Crippen LogP contribution in [0.3, 0.4) is 0 Å². The van der Waals surface area contributed by atoms with Crippen LogP contribution >= 0.6 is 0 Å². The van der Waals surface area contributed by atoms with Gasteiger partial charge in [-0.15, -0.1) is 0 Å². The van der Waals surface area contributed by atoms with Gasteiger partial charge in [0.15, 0.2) is 5.82 Å². The minimum absolute atomic E-state index is 0.251. The SMILES string of the molecule is CC1CN(c2ccc(Nc3ncnc(-c4ccc(O[C@H]5CCNC[C@H]5F)c(C#N)c4)n3)cc2)CCN1C1COC1. The maximum Gasteiger partial charge on any atom is 0.230 e. The topological polar surface area (TPSA) is 111 Å². The summed E-state index contributed by atoms with van der Waals surface area (Å²) in [7, 11) is 0. The molecule has 2 N–H and O–H groups in total. The molecule has 40 heavy (non-hydrogen) atoms. The molecule has 3 atom stereocenters. The summed E-state index contributed by atoms with van der Waals surface area (Å²) in [5.74, 6) is 1.18. The van der Waals surface area contributed by atoms with E-state index in [1.54, 1.807) is 18.2 Å². The molecule has 11 heteroatoms. The second-order valence-corrected chi connectivity index (χ2v) is 10.5. The number of piperidine rings is 1. The zero-order chi connectivity index (χ0) is 27.5. The summed E-state index contributed by atoms with van der Waals surface area (Å²) in [5.41, 5.74) is 3.01. The molecule has 1 unspecified atom stereocenters. The van der Waals surface area contributed by atoms with E-state index in [2.05, 4.69) is 60.5 Å². The molecule has 10 nitrogen and oxygen atoms in total. The first kappa shape index (κ1) is 26.4. The van der Waals surface area contributed by atoms with Gasteiger partial charge in [-0.1, -0.05) is 0 Å². The first-order chi connectivity index (χ1) is 19.6. The van der Waals surface area contributed by atoms with E-state index in [1.165, 1.54) is 12.0 Å². The van der Waals surface area contributed by atoms with Gasteiger partial charge in [-0.05, 0) is 62.4 Å². The van der Waals surface area contributed by atoms with Crippen molar-refractivity contribution in [3.8, 4) is 23.2 Å². The van der Waals surface area contributed by atoms with Crippen molar-refractivity contribution in [3.63, 3.8) is 0 Å². The molecule has 3 aliphatic heterocycles. The predicted molar refractivity (Wildman–Crippen MR) is 149 cm³/mol. The van der Waals surface area contributed by atoms with Crippen LogP contribution in [0.25, 0.3) is 11.4 Å². The van der Waals surface area contributed by atoms with E-state index >= 15 is 0 Å². The van der Waals surface area contributed by atoms with Gasteiger partial charge in [-0.25, -0.2) is 14.4 Å². The Balaban J connectivity index is 1.11. The Morgan fingerprint density at radius 1 is 1.15 bits per heavy atom. The van der Waals surface area contributed by atoms with Crippen molar-refractivity contribution in [1.29, 1.82) is 5.26 Å². The Bertz CT molecular complexity index is 1360. The first-order valence-electron chi connectivity index (χ1n) is 13.8. The van der Waals surface area contributed by atoms with Crippen molar-refractivity contribution in [2.75, 3.05) is 56.2 Å². The van der Waals surface area contributed by atoms with Crippen LogP contribution in [0.1, 0.15) is 18.9 Å². The molecular formula is C29H33FN8O2. The fraction of sp³-hybridized carbons (Fsp3) is 0.448. The molecule has 0 spiro atoms. The average molecular weight is 545 g/mol. The zero-order valence-electron chi connectivity index (χ0n) is 22.5. The lowest BCUT2D eigenvalue weighted by molar-refractivity contribution is -0.0792. The van der Waals surface area contributed by atoms with Crippen LogP contribution in [0.4, 0.5) is 21.7 Å². The quantitative estimate of drug-likeness (QED) is 0.460. The molecule has 3 aromatic rings. The van der Waals surface area contributed by atoms with Crippen molar-refractivity contribution >= 4 is 17.3 Å². The normalized spacial score (nSPS) is 23.7. The highest BCUT2D eigenvalue weighted by Gasteiger charge is 2.33. The molecule has 0 bridgehead atoms. The summed E-state index contributed by atoms with van der Waals surface area (Å²) >= 11 is 0. The Hall–Kier alpha value is -3.85. The number of nitriles is 1. The van der Waals surface area contributed by atoms with E-state index in [4.69, 9.17) is 9.47 Å². The van der Waals surface area contributed by atoms with Gasteiger partial charge in [0.1, 0.15) is 30.4 Å². The number of nitrogens with zero attached hydrogens (tertiary/aromatic N) is 6. The molecule has 0 aliphatic carbocycles. The maximum atomic E-state index is 14.2. The minimum Gasteiger partial charge on any atom is -0.486 e. The van der Waals surface area contributed by atoms with Gasteiger partial charge < -0.3 is 25.0 Å². The Morgan fingerprint density at radius 3 is 2.73 bits per heavy atom. The molecule has 6 rings (SSSR count). The first-order valence-corrected chi connectivity index (χ1v) is 13.8. The highest BCUT2D eigenvalue weighted by molar-refractivity contribution is 5.64. The smallest absolute Gasteiger partial charge is 0.230 e.